The molecule has 2 fully saturated rings. The van der Waals surface area contributed by atoms with Crippen molar-refractivity contribution in [1.82, 2.24) is 10.2 Å². The summed E-state index contributed by atoms with van der Waals surface area (Å²) in [6.45, 7) is 8.27. The van der Waals surface area contributed by atoms with Crippen molar-refractivity contribution >= 4 is 11.3 Å². The van der Waals surface area contributed by atoms with E-state index in [2.05, 4.69) is 41.6 Å². The summed E-state index contributed by atoms with van der Waals surface area (Å²) in [6.07, 6.45) is 7.02. The van der Waals surface area contributed by atoms with E-state index in [1.807, 2.05) is 11.3 Å². The third-order valence-electron chi connectivity index (χ3n) is 5.18. The Labute approximate surface area is 133 Å². The Hall–Kier alpha value is -0.380. The highest BCUT2D eigenvalue weighted by Crippen LogP contribution is 2.34. The molecule has 0 aliphatic heterocycles. The van der Waals surface area contributed by atoms with Crippen LogP contribution in [0.15, 0.2) is 17.5 Å². The van der Waals surface area contributed by atoms with Crippen molar-refractivity contribution in [1.29, 1.82) is 0 Å². The Morgan fingerprint density at radius 2 is 2.14 bits per heavy atom. The Kier molecular flexibility index (Phi) is 5.36. The van der Waals surface area contributed by atoms with Crippen LogP contribution in [0, 0.1) is 11.8 Å². The maximum Gasteiger partial charge on any atom is 0.0330 e. The standard InChI is InChI=1S/C18H30N2S/c1-3-19-18-9-6-14(2)11-15(18)12-20(16-7-8-16)13-17-5-4-10-21-17/h4-5,10,14-16,18-19H,3,6-9,11-13H2,1-2H3. The minimum Gasteiger partial charge on any atom is -0.314 e. The zero-order chi connectivity index (χ0) is 14.7. The summed E-state index contributed by atoms with van der Waals surface area (Å²) in [5, 5.41) is 5.97. The predicted molar refractivity (Wildman–Crippen MR) is 91.7 cm³/mol. The lowest BCUT2D eigenvalue weighted by atomic mass is 9.78. The number of hydrogen-bond donors (Lipinski definition) is 1. The summed E-state index contributed by atoms with van der Waals surface area (Å²) in [6, 6.07) is 6.10. The molecule has 0 saturated heterocycles. The van der Waals surface area contributed by atoms with Gasteiger partial charge in [0, 0.05) is 30.1 Å². The first kappa shape index (κ1) is 15.5. The van der Waals surface area contributed by atoms with Crippen molar-refractivity contribution in [3.05, 3.63) is 22.4 Å². The van der Waals surface area contributed by atoms with Crippen LogP contribution in [0.2, 0.25) is 0 Å². The summed E-state index contributed by atoms with van der Waals surface area (Å²) < 4.78 is 0. The van der Waals surface area contributed by atoms with Crippen LogP contribution in [0.1, 0.15) is 50.8 Å². The van der Waals surface area contributed by atoms with Gasteiger partial charge in [-0.25, -0.2) is 0 Å². The molecular weight excluding hydrogens is 276 g/mol. The molecule has 0 aromatic carbocycles. The molecule has 1 heterocycles. The van der Waals surface area contributed by atoms with Crippen molar-refractivity contribution in [2.75, 3.05) is 13.1 Å². The van der Waals surface area contributed by atoms with E-state index in [0.29, 0.717) is 0 Å². The zero-order valence-corrected chi connectivity index (χ0v) is 14.4. The molecule has 3 rings (SSSR count). The Bertz CT molecular complexity index is 413. The SMILES string of the molecule is CCNC1CCC(C)CC1CN(Cc1cccs1)C1CC1. The van der Waals surface area contributed by atoms with Crippen LogP contribution in [0.5, 0.6) is 0 Å². The van der Waals surface area contributed by atoms with Gasteiger partial charge < -0.3 is 5.32 Å². The molecule has 118 valence electrons. The first-order valence-corrected chi connectivity index (χ1v) is 9.64. The van der Waals surface area contributed by atoms with Gasteiger partial charge in [0.25, 0.3) is 0 Å². The van der Waals surface area contributed by atoms with Gasteiger partial charge in [-0.1, -0.05) is 19.9 Å². The molecule has 1 aromatic heterocycles. The average molecular weight is 307 g/mol. The Balaban J connectivity index is 1.62. The van der Waals surface area contributed by atoms with Crippen molar-refractivity contribution in [2.45, 2.75) is 64.6 Å². The molecule has 0 radical (unpaired) electrons. The molecule has 2 aliphatic rings. The molecule has 0 spiro atoms. The van der Waals surface area contributed by atoms with Crippen LogP contribution in [-0.4, -0.2) is 30.1 Å². The van der Waals surface area contributed by atoms with Crippen molar-refractivity contribution in [2.24, 2.45) is 11.8 Å². The van der Waals surface area contributed by atoms with Gasteiger partial charge in [-0.3, -0.25) is 4.90 Å². The molecular formula is C18H30N2S. The second-order valence-electron chi connectivity index (χ2n) is 7.08. The number of rotatable bonds is 7. The summed E-state index contributed by atoms with van der Waals surface area (Å²) in [5.74, 6) is 1.75. The van der Waals surface area contributed by atoms with Crippen LogP contribution in [0.3, 0.4) is 0 Å². The second-order valence-corrected chi connectivity index (χ2v) is 8.11. The van der Waals surface area contributed by atoms with Crippen LogP contribution < -0.4 is 5.32 Å². The molecule has 3 heteroatoms. The van der Waals surface area contributed by atoms with E-state index in [-0.39, 0.29) is 0 Å². The maximum absolute atomic E-state index is 3.75. The summed E-state index contributed by atoms with van der Waals surface area (Å²) in [4.78, 5) is 4.31. The van der Waals surface area contributed by atoms with Crippen LogP contribution in [-0.2, 0) is 6.54 Å². The molecule has 3 atom stereocenters. The molecule has 2 saturated carbocycles. The molecule has 2 nitrogen and oxygen atoms in total. The fourth-order valence-corrected chi connectivity index (χ4v) is 4.65. The highest BCUT2D eigenvalue weighted by molar-refractivity contribution is 7.09. The third kappa shape index (κ3) is 4.30. The van der Waals surface area contributed by atoms with Gasteiger partial charge >= 0.3 is 0 Å². The number of nitrogens with one attached hydrogen (secondary N) is 1. The average Bonchev–Trinajstić information content (AvgIpc) is 3.19. The topological polar surface area (TPSA) is 15.3 Å². The fourth-order valence-electron chi connectivity index (χ4n) is 3.92. The van der Waals surface area contributed by atoms with Gasteiger partial charge in [-0.2, -0.15) is 0 Å². The summed E-state index contributed by atoms with van der Waals surface area (Å²) in [5.41, 5.74) is 0. The van der Waals surface area contributed by atoms with E-state index in [9.17, 15) is 0 Å². The Morgan fingerprint density at radius 1 is 1.29 bits per heavy atom. The van der Waals surface area contributed by atoms with Crippen LogP contribution >= 0.6 is 11.3 Å². The van der Waals surface area contributed by atoms with Crippen molar-refractivity contribution in [3.8, 4) is 0 Å². The van der Waals surface area contributed by atoms with Crippen LogP contribution in [0.4, 0.5) is 0 Å². The van der Waals surface area contributed by atoms with Crippen molar-refractivity contribution < 1.29 is 0 Å². The first-order valence-electron chi connectivity index (χ1n) is 8.76. The quantitative estimate of drug-likeness (QED) is 0.815. The van der Waals surface area contributed by atoms with Gasteiger partial charge in [0.2, 0.25) is 0 Å². The van der Waals surface area contributed by atoms with Gasteiger partial charge in [0.1, 0.15) is 0 Å². The third-order valence-corrected chi connectivity index (χ3v) is 6.04. The number of nitrogens with zero attached hydrogens (tertiary/aromatic N) is 1. The molecule has 21 heavy (non-hydrogen) atoms. The summed E-state index contributed by atoms with van der Waals surface area (Å²) >= 11 is 1.91. The van der Waals surface area contributed by atoms with E-state index in [4.69, 9.17) is 0 Å². The van der Waals surface area contributed by atoms with E-state index < -0.39 is 0 Å². The van der Waals surface area contributed by atoms with Crippen LogP contribution in [0.25, 0.3) is 0 Å². The second kappa shape index (κ2) is 7.26. The lowest BCUT2D eigenvalue weighted by molar-refractivity contribution is 0.136. The number of thiophene rings is 1. The highest BCUT2D eigenvalue weighted by Gasteiger charge is 2.34. The van der Waals surface area contributed by atoms with Gasteiger partial charge in [-0.15, -0.1) is 11.3 Å². The molecule has 2 aliphatic carbocycles. The maximum atomic E-state index is 3.75. The smallest absolute Gasteiger partial charge is 0.0330 e. The van der Waals surface area contributed by atoms with E-state index in [1.54, 1.807) is 0 Å². The van der Waals surface area contributed by atoms with E-state index >= 15 is 0 Å². The largest absolute Gasteiger partial charge is 0.314 e. The minimum atomic E-state index is 0.746. The van der Waals surface area contributed by atoms with Gasteiger partial charge in [0.05, 0.1) is 0 Å². The highest BCUT2D eigenvalue weighted by atomic mass is 32.1. The normalized spacial score (nSPS) is 30.0. The molecule has 1 N–H and O–H groups in total. The molecule has 0 bridgehead atoms. The fraction of sp³-hybridized carbons (Fsp3) is 0.778. The summed E-state index contributed by atoms with van der Waals surface area (Å²) in [7, 11) is 0. The van der Waals surface area contributed by atoms with Gasteiger partial charge in [0.15, 0.2) is 0 Å². The van der Waals surface area contributed by atoms with Crippen molar-refractivity contribution in [3.63, 3.8) is 0 Å². The molecule has 1 aromatic rings. The minimum absolute atomic E-state index is 0.746. The Morgan fingerprint density at radius 3 is 2.81 bits per heavy atom. The molecule has 3 unspecified atom stereocenters. The lowest BCUT2D eigenvalue weighted by Gasteiger charge is -2.38. The van der Waals surface area contributed by atoms with E-state index in [1.165, 1.54) is 50.1 Å². The molecule has 0 amide bonds. The predicted octanol–water partition coefficient (Wildman–Crippen LogP) is 4.13. The first-order chi connectivity index (χ1) is 10.3. The van der Waals surface area contributed by atoms with E-state index in [0.717, 1.165) is 30.5 Å². The zero-order valence-electron chi connectivity index (χ0n) is 13.6. The lowest BCUT2D eigenvalue weighted by Crippen LogP contribution is -2.45. The monoisotopic (exact) mass is 306 g/mol. The number of hydrogen-bond acceptors (Lipinski definition) is 3. The van der Waals surface area contributed by atoms with Gasteiger partial charge in [-0.05, 0) is 61.9 Å².